The van der Waals surface area contributed by atoms with E-state index in [1.807, 2.05) is 25.1 Å². The number of benzene rings is 2. The van der Waals surface area contributed by atoms with Gasteiger partial charge < -0.3 is 11.1 Å². The van der Waals surface area contributed by atoms with Crippen LogP contribution in [0.1, 0.15) is 34.3 Å². The number of nitrogens with one attached hydrogen (secondary N) is 1. The van der Waals surface area contributed by atoms with Crippen LogP contribution in [0.3, 0.4) is 0 Å². The zero-order valence-electron chi connectivity index (χ0n) is 13.5. The minimum absolute atomic E-state index is 0.118. The van der Waals surface area contributed by atoms with Gasteiger partial charge in [-0.1, -0.05) is 54.7 Å². The Morgan fingerprint density at radius 2 is 1.76 bits per heavy atom. The molecule has 3 N–H and O–H groups in total. The molecule has 0 saturated heterocycles. The lowest BCUT2D eigenvalue weighted by atomic mass is 9.79. The summed E-state index contributed by atoms with van der Waals surface area (Å²) in [7, 11) is 0. The van der Waals surface area contributed by atoms with E-state index in [0.29, 0.717) is 28.0 Å². The predicted octanol–water partition coefficient (Wildman–Crippen LogP) is 3.68. The lowest BCUT2D eigenvalue weighted by Gasteiger charge is -2.30. The smallest absolute Gasteiger partial charge is 0.192 e. The van der Waals surface area contributed by atoms with Crippen LogP contribution in [0.4, 0.5) is 4.39 Å². The second kappa shape index (κ2) is 5.63. The van der Waals surface area contributed by atoms with E-state index < -0.39 is 5.92 Å². The molecule has 1 aliphatic heterocycles. The molecule has 2 aromatic carbocycles. The number of thiocarbonyl (C=S) groups is 1. The average molecular weight is 350 g/mol. The van der Waals surface area contributed by atoms with Gasteiger partial charge in [-0.3, -0.25) is 4.79 Å². The van der Waals surface area contributed by atoms with Crippen molar-refractivity contribution in [3.63, 3.8) is 0 Å². The number of hydrogen-bond acceptors (Lipinski definition) is 3. The highest BCUT2D eigenvalue weighted by molar-refractivity contribution is 7.80. The van der Waals surface area contributed by atoms with E-state index in [2.05, 4.69) is 5.32 Å². The van der Waals surface area contributed by atoms with E-state index in [9.17, 15) is 9.18 Å². The first-order valence-electron chi connectivity index (χ1n) is 7.91. The Kier molecular flexibility index (Phi) is 3.54. The molecule has 2 aromatic rings. The van der Waals surface area contributed by atoms with Crippen LogP contribution in [-0.4, -0.2) is 10.8 Å². The van der Waals surface area contributed by atoms with Gasteiger partial charge >= 0.3 is 0 Å². The number of nitrogens with two attached hydrogens (primary N) is 1. The van der Waals surface area contributed by atoms with Crippen LogP contribution in [0, 0.1) is 5.82 Å². The van der Waals surface area contributed by atoms with Crippen molar-refractivity contribution in [3.8, 4) is 0 Å². The topological polar surface area (TPSA) is 55.1 Å². The van der Waals surface area contributed by atoms with Gasteiger partial charge in [-0.2, -0.15) is 0 Å². The van der Waals surface area contributed by atoms with E-state index in [1.165, 1.54) is 6.07 Å². The third-order valence-corrected chi connectivity index (χ3v) is 4.95. The lowest BCUT2D eigenvalue weighted by molar-refractivity contribution is 0.103. The minimum Gasteiger partial charge on any atom is -0.390 e. The normalized spacial score (nSPS) is 18.8. The van der Waals surface area contributed by atoms with Crippen molar-refractivity contribution in [2.24, 2.45) is 5.73 Å². The first-order chi connectivity index (χ1) is 12.0. The van der Waals surface area contributed by atoms with E-state index in [4.69, 9.17) is 18.0 Å². The van der Waals surface area contributed by atoms with E-state index in [1.54, 1.807) is 24.3 Å². The Bertz CT molecular complexity index is 1010. The number of carbonyl (C=O) groups excluding carboxylic acids is 1. The maximum atomic E-state index is 14.6. The average Bonchev–Trinajstić information content (AvgIpc) is 2.87. The van der Waals surface area contributed by atoms with Gasteiger partial charge in [-0.25, -0.2) is 4.39 Å². The molecule has 124 valence electrons. The number of fused-ring (bicyclic) bond motifs is 2. The summed E-state index contributed by atoms with van der Waals surface area (Å²) in [5.74, 6) is -1.12. The molecular weight excluding hydrogens is 335 g/mol. The fourth-order valence-corrected chi connectivity index (χ4v) is 3.95. The standard InChI is InChI=1S/C20H15FN2OS/c1-10-15(20(22)25)16(13-8-4-5-9-14(13)21)17-18(23-10)11-6-2-3-7-12(11)19(17)24/h2-9,16,23H,1H3,(H2,22,25)/t16-/m1/s1. The number of rotatable bonds is 2. The van der Waals surface area contributed by atoms with Crippen molar-refractivity contribution in [1.29, 1.82) is 0 Å². The van der Waals surface area contributed by atoms with E-state index in [-0.39, 0.29) is 16.6 Å². The monoisotopic (exact) mass is 350 g/mol. The number of ketones is 1. The zero-order chi connectivity index (χ0) is 17.7. The molecule has 0 saturated carbocycles. The first kappa shape index (κ1) is 15.7. The van der Waals surface area contributed by atoms with Crippen molar-refractivity contribution in [2.75, 3.05) is 0 Å². The molecule has 5 heteroatoms. The number of allylic oxidation sites excluding steroid dienone is 2. The van der Waals surface area contributed by atoms with Gasteiger partial charge in [-0.15, -0.1) is 0 Å². The van der Waals surface area contributed by atoms with Gasteiger partial charge in [0.2, 0.25) is 0 Å². The van der Waals surface area contributed by atoms with Crippen molar-refractivity contribution < 1.29 is 9.18 Å². The molecule has 1 atom stereocenters. The summed E-state index contributed by atoms with van der Waals surface area (Å²) in [6.07, 6.45) is 0. The Morgan fingerprint density at radius 3 is 2.44 bits per heavy atom. The third-order valence-electron chi connectivity index (χ3n) is 4.73. The maximum absolute atomic E-state index is 14.6. The number of Topliss-reactive ketones (excluding diaryl/α,β-unsaturated/α-hetero) is 1. The molecule has 25 heavy (non-hydrogen) atoms. The maximum Gasteiger partial charge on any atom is 0.192 e. The summed E-state index contributed by atoms with van der Waals surface area (Å²) in [6.45, 7) is 1.84. The van der Waals surface area contributed by atoms with Gasteiger partial charge in [-0.05, 0) is 13.0 Å². The van der Waals surface area contributed by atoms with Crippen molar-refractivity contribution >= 4 is 28.7 Å². The number of carbonyl (C=O) groups is 1. The molecule has 3 nitrogen and oxygen atoms in total. The summed E-state index contributed by atoms with van der Waals surface area (Å²) < 4.78 is 14.6. The molecule has 0 aromatic heterocycles. The molecule has 0 unspecified atom stereocenters. The quantitative estimate of drug-likeness (QED) is 0.812. The molecule has 0 amide bonds. The number of hydrogen-bond donors (Lipinski definition) is 2. The van der Waals surface area contributed by atoms with Gasteiger partial charge in [0.05, 0.1) is 5.70 Å². The van der Waals surface area contributed by atoms with Crippen LogP contribution in [0.25, 0.3) is 5.70 Å². The summed E-state index contributed by atoms with van der Waals surface area (Å²) in [5.41, 5.74) is 10.3. The predicted molar refractivity (Wildman–Crippen MR) is 99.5 cm³/mol. The minimum atomic E-state index is -0.616. The fourth-order valence-electron chi connectivity index (χ4n) is 3.68. The van der Waals surface area contributed by atoms with Crippen LogP contribution >= 0.6 is 12.2 Å². The highest BCUT2D eigenvalue weighted by Crippen LogP contribution is 2.46. The molecule has 0 radical (unpaired) electrons. The summed E-state index contributed by atoms with van der Waals surface area (Å²) >= 11 is 5.22. The van der Waals surface area contributed by atoms with E-state index in [0.717, 1.165) is 11.3 Å². The second-order valence-corrected chi connectivity index (χ2v) is 6.59. The molecule has 1 heterocycles. The van der Waals surface area contributed by atoms with Gasteiger partial charge in [0.15, 0.2) is 5.78 Å². The fraction of sp³-hybridized carbons (Fsp3) is 0.100. The van der Waals surface area contributed by atoms with Crippen LogP contribution in [-0.2, 0) is 0 Å². The number of dihydropyridines is 1. The lowest BCUT2D eigenvalue weighted by Crippen LogP contribution is -2.31. The Morgan fingerprint density at radius 1 is 1.12 bits per heavy atom. The molecule has 0 spiro atoms. The highest BCUT2D eigenvalue weighted by atomic mass is 32.1. The molecule has 1 aliphatic carbocycles. The summed E-state index contributed by atoms with van der Waals surface area (Å²) in [4.78, 5) is 13.2. The Balaban J connectivity index is 2.00. The molecule has 0 bridgehead atoms. The van der Waals surface area contributed by atoms with E-state index >= 15 is 0 Å². The van der Waals surface area contributed by atoms with Gasteiger partial charge in [0.1, 0.15) is 10.8 Å². The van der Waals surface area contributed by atoms with Crippen LogP contribution < -0.4 is 11.1 Å². The largest absolute Gasteiger partial charge is 0.390 e. The van der Waals surface area contributed by atoms with Gasteiger partial charge in [0, 0.05) is 39.5 Å². The molecular formula is C20H15FN2OS. The third kappa shape index (κ3) is 2.23. The molecule has 0 fully saturated rings. The molecule has 4 rings (SSSR count). The van der Waals surface area contributed by atoms with Crippen LogP contribution in [0.15, 0.2) is 65.4 Å². The summed E-state index contributed by atoms with van der Waals surface area (Å²) in [5, 5.41) is 3.26. The van der Waals surface area contributed by atoms with Gasteiger partial charge in [0.25, 0.3) is 0 Å². The van der Waals surface area contributed by atoms with Crippen molar-refractivity contribution in [1.82, 2.24) is 5.32 Å². The molecule has 2 aliphatic rings. The second-order valence-electron chi connectivity index (χ2n) is 6.15. The summed E-state index contributed by atoms with van der Waals surface area (Å²) in [6, 6.07) is 13.8. The zero-order valence-corrected chi connectivity index (χ0v) is 14.3. The van der Waals surface area contributed by atoms with Crippen molar-refractivity contribution in [3.05, 3.63) is 87.9 Å². The van der Waals surface area contributed by atoms with Crippen LogP contribution in [0.2, 0.25) is 0 Å². The Labute approximate surface area is 150 Å². The SMILES string of the molecule is CC1=C(C(N)=S)[C@@H](c2ccccc2F)C2=C(N1)c1ccccc1C2=O. The van der Waals surface area contributed by atoms with Crippen molar-refractivity contribution in [2.45, 2.75) is 12.8 Å². The van der Waals surface area contributed by atoms with Crippen LogP contribution in [0.5, 0.6) is 0 Å². The first-order valence-corrected chi connectivity index (χ1v) is 8.31. The Hall–Kier alpha value is -2.79. The number of halogens is 1. The highest BCUT2D eigenvalue weighted by Gasteiger charge is 2.41.